The lowest BCUT2D eigenvalue weighted by molar-refractivity contribution is 0.265. The molecule has 5 aromatic heterocycles. The third-order valence-corrected chi connectivity index (χ3v) is 8.38. The summed E-state index contributed by atoms with van der Waals surface area (Å²) in [5.74, 6) is 2.53. The number of ether oxygens (including phenoxy) is 4. The molecule has 0 saturated carbocycles. The van der Waals surface area contributed by atoms with Crippen LogP contribution in [-0.4, -0.2) is 78.8 Å². The fraction of sp³-hybridized carbons (Fsp3) is 0.286. The van der Waals surface area contributed by atoms with Gasteiger partial charge in [-0.2, -0.15) is 15.8 Å². The van der Waals surface area contributed by atoms with E-state index in [-0.39, 0.29) is 42.2 Å². The lowest BCUT2D eigenvalue weighted by Crippen LogP contribution is -2.13. The van der Waals surface area contributed by atoms with Crippen molar-refractivity contribution in [2.45, 2.75) is 38.5 Å². The van der Waals surface area contributed by atoms with Gasteiger partial charge in [0, 0.05) is 10.7 Å². The Kier molecular flexibility index (Phi) is 31.8. The molecule has 0 aliphatic rings. The third kappa shape index (κ3) is 25.9. The molecule has 5 heterocycles. The standard InChI is InChI=1S/C16H20N6O2.C16H14N4O2.C6H4N2O.C4H8Br2.2ClH/c17-15(18)13-5-3-11(9-21-13)23-7-1-2-8-24-12-4-6-14(16(19)20)22-10-12;17-9-13-3-5-15(11-19-13)21-7-1-2-8-22-16-6-4-14(10-18)20-12-16;7-3-5-1-2-6(9)4-8-5;5-3-1-2-4-6;;/h3-6,9-10H,1-2,7-8H2,(H3,17,18)(H3,19,20);3-6,11-12H,1-2,7-8H2;1-2,4,9H;1-4H2;2*1H. The number of hydrogen-bond donors (Lipinski definition) is 5. The molecule has 0 spiro atoms. The van der Waals surface area contributed by atoms with E-state index in [0.29, 0.717) is 77.9 Å². The lowest BCUT2D eigenvalue weighted by atomic mass is 10.3. The van der Waals surface area contributed by atoms with Crippen LogP contribution in [0, 0.1) is 44.8 Å². The molecule has 5 rings (SSSR count). The van der Waals surface area contributed by atoms with Gasteiger partial charge in [0.15, 0.2) is 0 Å². The van der Waals surface area contributed by atoms with Crippen LogP contribution in [0.25, 0.3) is 0 Å². The second-order valence-electron chi connectivity index (χ2n) is 12.0. The van der Waals surface area contributed by atoms with Gasteiger partial charge < -0.3 is 35.5 Å². The first kappa shape index (κ1) is 56.7. The van der Waals surface area contributed by atoms with Crippen molar-refractivity contribution < 1.29 is 24.1 Å². The topological polar surface area (TPSA) is 293 Å². The van der Waals surface area contributed by atoms with Crippen molar-refractivity contribution in [3.63, 3.8) is 0 Å². The normalized spacial score (nSPS) is 9.25. The van der Waals surface area contributed by atoms with E-state index in [0.717, 1.165) is 36.3 Å². The summed E-state index contributed by atoms with van der Waals surface area (Å²) in [6.45, 7) is 2.21. The van der Waals surface area contributed by atoms with Crippen molar-refractivity contribution in [3.05, 3.63) is 120 Å². The number of nitriles is 3. The van der Waals surface area contributed by atoms with Gasteiger partial charge in [0.25, 0.3) is 0 Å². The van der Waals surface area contributed by atoms with Gasteiger partial charge in [0.1, 0.15) is 87.1 Å². The first-order valence-corrected chi connectivity index (χ1v) is 20.9. The molecule has 0 atom stereocenters. The second-order valence-corrected chi connectivity index (χ2v) is 13.6. The van der Waals surface area contributed by atoms with Gasteiger partial charge in [0.2, 0.25) is 0 Å². The van der Waals surface area contributed by atoms with E-state index in [1.807, 2.05) is 18.2 Å². The lowest BCUT2D eigenvalue weighted by Gasteiger charge is -2.08. The minimum atomic E-state index is -0.0653. The van der Waals surface area contributed by atoms with Gasteiger partial charge in [-0.15, -0.1) is 24.8 Å². The van der Waals surface area contributed by atoms with Gasteiger partial charge in [-0.3, -0.25) is 10.8 Å². The van der Waals surface area contributed by atoms with E-state index < -0.39 is 0 Å². The van der Waals surface area contributed by atoms with Gasteiger partial charge in [-0.05, 0) is 99.2 Å². The summed E-state index contributed by atoms with van der Waals surface area (Å²) in [4.78, 5) is 19.5. The van der Waals surface area contributed by atoms with E-state index in [2.05, 4.69) is 56.8 Å². The zero-order valence-corrected chi connectivity index (χ0v) is 38.8. The second kappa shape index (κ2) is 35.3. The molecule has 63 heavy (non-hydrogen) atoms. The Morgan fingerprint density at radius 2 is 0.794 bits per heavy atom. The SMILES string of the molecule is BrCCCCBr.Cl.Cl.N#Cc1ccc(O)cn1.N#Cc1ccc(OCCCCOc2ccc(C#N)nc2)cn1.N=C(N)c1ccc(OCCCCOc2ccc(C(=N)N)nc2)cn1. The number of rotatable bonds is 19. The van der Waals surface area contributed by atoms with Gasteiger partial charge >= 0.3 is 0 Å². The van der Waals surface area contributed by atoms with E-state index in [9.17, 15) is 0 Å². The van der Waals surface area contributed by atoms with E-state index in [4.69, 9.17) is 62.1 Å². The molecular formula is C42H48Br2Cl2N12O5. The van der Waals surface area contributed by atoms with Crippen molar-refractivity contribution in [2.75, 3.05) is 37.1 Å². The maximum absolute atomic E-state index is 8.68. The predicted octanol–water partition coefficient (Wildman–Crippen LogP) is 7.80. The number of nitrogens with one attached hydrogen (secondary N) is 2. The smallest absolute Gasteiger partial charge is 0.141 e. The number of nitrogens with two attached hydrogens (primary N) is 2. The zero-order valence-electron chi connectivity index (χ0n) is 34.0. The van der Waals surface area contributed by atoms with Crippen molar-refractivity contribution in [1.29, 1.82) is 26.6 Å². The number of pyridine rings is 5. The molecule has 7 N–H and O–H groups in total. The summed E-state index contributed by atoms with van der Waals surface area (Å²) in [6.07, 6.45) is 13.3. The van der Waals surface area contributed by atoms with E-state index in [1.54, 1.807) is 60.9 Å². The van der Waals surface area contributed by atoms with E-state index >= 15 is 0 Å². The van der Waals surface area contributed by atoms with Crippen LogP contribution in [0.4, 0.5) is 0 Å². The quantitative estimate of drug-likeness (QED) is 0.0228. The van der Waals surface area contributed by atoms with E-state index in [1.165, 1.54) is 43.6 Å². The number of halogens is 4. The Hall–Kier alpha value is -6.30. The Labute approximate surface area is 395 Å². The fourth-order valence-electron chi connectivity index (χ4n) is 4.12. The molecule has 0 bridgehead atoms. The molecule has 0 aliphatic carbocycles. The summed E-state index contributed by atoms with van der Waals surface area (Å²) in [5.41, 5.74) is 12.6. The van der Waals surface area contributed by atoms with Crippen LogP contribution in [0.3, 0.4) is 0 Å². The van der Waals surface area contributed by atoms with Crippen LogP contribution in [0.15, 0.2) is 91.6 Å². The van der Waals surface area contributed by atoms with Crippen LogP contribution in [0.2, 0.25) is 0 Å². The molecule has 0 fully saturated rings. The van der Waals surface area contributed by atoms with Crippen molar-refractivity contribution in [1.82, 2.24) is 24.9 Å². The Bertz CT molecular complexity index is 2010. The Morgan fingerprint density at radius 1 is 0.492 bits per heavy atom. The third-order valence-electron chi connectivity index (χ3n) is 7.26. The minimum Gasteiger partial charge on any atom is -0.506 e. The fourth-order valence-corrected chi connectivity index (χ4v) is 4.92. The zero-order chi connectivity index (χ0) is 44.5. The van der Waals surface area contributed by atoms with Crippen LogP contribution in [0.5, 0.6) is 28.7 Å². The largest absolute Gasteiger partial charge is 0.506 e. The summed E-state index contributed by atoms with van der Waals surface area (Å²) < 4.78 is 22.1. The number of aromatic nitrogens is 5. The number of nitrogen functional groups attached to an aromatic ring is 2. The van der Waals surface area contributed by atoms with Crippen molar-refractivity contribution in [3.8, 4) is 47.0 Å². The number of aromatic hydroxyl groups is 1. The number of amidine groups is 2. The first-order valence-electron chi connectivity index (χ1n) is 18.6. The van der Waals surface area contributed by atoms with Gasteiger partial charge in [-0.1, -0.05) is 31.9 Å². The molecular weight excluding hydrogens is 983 g/mol. The highest BCUT2D eigenvalue weighted by atomic mass is 79.9. The Morgan fingerprint density at radius 3 is 1.02 bits per heavy atom. The summed E-state index contributed by atoms with van der Waals surface area (Å²) in [6, 6.07) is 22.1. The molecule has 21 heteroatoms. The predicted molar refractivity (Wildman–Crippen MR) is 251 cm³/mol. The summed E-state index contributed by atoms with van der Waals surface area (Å²) in [7, 11) is 0. The highest BCUT2D eigenvalue weighted by molar-refractivity contribution is 9.09. The highest BCUT2D eigenvalue weighted by Gasteiger charge is 2.02. The molecule has 0 radical (unpaired) electrons. The molecule has 0 saturated heterocycles. The average molecular weight is 1030 g/mol. The number of alkyl halides is 2. The van der Waals surface area contributed by atoms with Crippen LogP contribution < -0.4 is 30.4 Å². The van der Waals surface area contributed by atoms with Crippen molar-refractivity contribution in [2.24, 2.45) is 11.5 Å². The maximum atomic E-state index is 8.68. The summed E-state index contributed by atoms with van der Waals surface area (Å²) >= 11 is 6.66. The van der Waals surface area contributed by atoms with Crippen LogP contribution >= 0.6 is 56.7 Å². The number of unbranched alkanes of at least 4 members (excludes halogenated alkanes) is 3. The molecule has 0 unspecified atom stereocenters. The van der Waals surface area contributed by atoms with Gasteiger partial charge in [-0.25, -0.2) is 24.9 Å². The minimum absolute atomic E-state index is 0. The first-order chi connectivity index (χ1) is 29.6. The molecule has 0 amide bonds. The number of nitrogens with zero attached hydrogens (tertiary/aromatic N) is 8. The molecule has 0 aliphatic heterocycles. The van der Waals surface area contributed by atoms with Gasteiger partial charge in [0.05, 0.1) is 57.4 Å². The highest BCUT2D eigenvalue weighted by Crippen LogP contribution is 2.13. The molecule has 17 nitrogen and oxygen atoms in total. The maximum Gasteiger partial charge on any atom is 0.141 e. The van der Waals surface area contributed by atoms with Crippen LogP contribution in [0.1, 0.15) is 67.0 Å². The number of hydrogen-bond acceptors (Lipinski definition) is 15. The van der Waals surface area contributed by atoms with Crippen LogP contribution in [-0.2, 0) is 0 Å². The average Bonchev–Trinajstić information content (AvgIpc) is 3.29. The molecule has 334 valence electrons. The summed E-state index contributed by atoms with van der Waals surface area (Å²) in [5, 5.41) is 51.0. The molecule has 0 aromatic carbocycles. The van der Waals surface area contributed by atoms with Crippen molar-refractivity contribution >= 4 is 68.3 Å². The Balaban J connectivity index is 0.000000903. The molecule has 5 aromatic rings. The monoisotopic (exact) mass is 1030 g/mol.